The molecule has 4 nitrogen and oxygen atoms in total. The average molecular weight is 239 g/mol. The fourth-order valence-electron chi connectivity index (χ4n) is 0.956. The van der Waals surface area contributed by atoms with E-state index in [4.69, 9.17) is 25.8 Å². The SMILES string of the molecule is COCCOC(=O)OCCCCCCCl. The summed E-state index contributed by atoms with van der Waals surface area (Å²) in [5.41, 5.74) is 0. The Bertz CT molecular complexity index is 152. The van der Waals surface area contributed by atoms with E-state index in [0.29, 0.717) is 19.1 Å². The maximum Gasteiger partial charge on any atom is 0.508 e. The zero-order valence-corrected chi connectivity index (χ0v) is 9.92. The van der Waals surface area contributed by atoms with Crippen LogP contribution in [0.1, 0.15) is 25.7 Å². The topological polar surface area (TPSA) is 44.8 Å². The van der Waals surface area contributed by atoms with Crippen molar-refractivity contribution in [2.45, 2.75) is 25.7 Å². The van der Waals surface area contributed by atoms with Gasteiger partial charge in [0.25, 0.3) is 0 Å². The molecule has 0 aromatic rings. The second-order valence-corrected chi connectivity index (χ2v) is 3.42. The fourth-order valence-corrected chi connectivity index (χ4v) is 1.14. The second-order valence-electron chi connectivity index (χ2n) is 3.04. The van der Waals surface area contributed by atoms with Crippen LogP contribution >= 0.6 is 11.6 Å². The molecule has 0 radical (unpaired) electrons. The summed E-state index contributed by atoms with van der Waals surface area (Å²) < 4.78 is 14.2. The largest absolute Gasteiger partial charge is 0.508 e. The Labute approximate surface area is 95.8 Å². The zero-order chi connectivity index (χ0) is 11.4. The number of alkyl halides is 1. The zero-order valence-electron chi connectivity index (χ0n) is 9.17. The smallest absolute Gasteiger partial charge is 0.434 e. The highest BCUT2D eigenvalue weighted by atomic mass is 35.5. The first kappa shape index (κ1) is 14.5. The lowest BCUT2D eigenvalue weighted by molar-refractivity contribution is 0.0357. The Morgan fingerprint density at radius 1 is 1.00 bits per heavy atom. The first-order valence-corrected chi connectivity index (χ1v) is 5.69. The van der Waals surface area contributed by atoms with Crippen LogP contribution < -0.4 is 0 Å². The number of unbranched alkanes of at least 4 members (excludes halogenated alkanes) is 3. The number of hydrogen-bond donors (Lipinski definition) is 0. The number of methoxy groups -OCH3 is 1. The van der Waals surface area contributed by atoms with E-state index in [9.17, 15) is 4.79 Å². The molecule has 0 unspecified atom stereocenters. The van der Waals surface area contributed by atoms with E-state index in [2.05, 4.69) is 0 Å². The van der Waals surface area contributed by atoms with Crippen LogP contribution in [0.5, 0.6) is 0 Å². The lowest BCUT2D eigenvalue weighted by Crippen LogP contribution is -2.12. The highest BCUT2D eigenvalue weighted by Crippen LogP contribution is 2.01. The molecule has 0 aliphatic rings. The molecule has 0 rings (SSSR count). The van der Waals surface area contributed by atoms with Crippen molar-refractivity contribution in [3.63, 3.8) is 0 Å². The van der Waals surface area contributed by atoms with Crippen molar-refractivity contribution in [1.29, 1.82) is 0 Å². The maximum absolute atomic E-state index is 10.9. The third-order valence-corrected chi connectivity index (χ3v) is 2.02. The van der Waals surface area contributed by atoms with Gasteiger partial charge in [-0.2, -0.15) is 0 Å². The molecule has 0 heterocycles. The molecule has 0 aromatic heterocycles. The van der Waals surface area contributed by atoms with Crippen LogP contribution in [0.15, 0.2) is 0 Å². The number of carbonyl (C=O) groups excluding carboxylic acids is 1. The van der Waals surface area contributed by atoms with Gasteiger partial charge in [0.15, 0.2) is 0 Å². The minimum atomic E-state index is -0.621. The minimum Gasteiger partial charge on any atom is -0.434 e. The molecule has 0 saturated carbocycles. The summed E-state index contributed by atoms with van der Waals surface area (Å²) in [7, 11) is 1.55. The number of halogens is 1. The van der Waals surface area contributed by atoms with E-state index in [-0.39, 0.29) is 6.61 Å². The standard InChI is InChI=1S/C10H19ClO4/c1-13-8-9-15-10(12)14-7-5-3-2-4-6-11/h2-9H2,1H3. The van der Waals surface area contributed by atoms with Crippen molar-refractivity contribution >= 4 is 17.8 Å². The van der Waals surface area contributed by atoms with Gasteiger partial charge in [0.2, 0.25) is 0 Å². The summed E-state index contributed by atoms with van der Waals surface area (Å²) >= 11 is 5.52. The molecule has 15 heavy (non-hydrogen) atoms. The summed E-state index contributed by atoms with van der Waals surface area (Å²) in [6.07, 6.45) is 3.35. The van der Waals surface area contributed by atoms with Crippen LogP contribution in [-0.4, -0.2) is 39.0 Å². The molecule has 0 spiro atoms. The predicted octanol–water partition coefficient (Wildman–Crippen LogP) is 2.59. The summed E-state index contributed by atoms with van der Waals surface area (Å²) in [5, 5.41) is 0. The highest BCUT2D eigenvalue weighted by molar-refractivity contribution is 6.17. The van der Waals surface area contributed by atoms with Gasteiger partial charge < -0.3 is 14.2 Å². The molecule has 0 atom stereocenters. The van der Waals surface area contributed by atoms with Gasteiger partial charge >= 0.3 is 6.16 Å². The Hall–Kier alpha value is -0.480. The first-order chi connectivity index (χ1) is 7.31. The minimum absolute atomic E-state index is 0.238. The van der Waals surface area contributed by atoms with Gasteiger partial charge in [0, 0.05) is 13.0 Å². The molecule has 0 N–H and O–H groups in total. The molecular formula is C10H19ClO4. The average Bonchev–Trinajstić information content (AvgIpc) is 2.23. The van der Waals surface area contributed by atoms with E-state index in [1.807, 2.05) is 0 Å². The molecular weight excluding hydrogens is 220 g/mol. The third-order valence-electron chi connectivity index (χ3n) is 1.76. The van der Waals surface area contributed by atoms with Gasteiger partial charge in [-0.1, -0.05) is 12.8 Å². The Morgan fingerprint density at radius 3 is 2.33 bits per heavy atom. The van der Waals surface area contributed by atoms with Crippen LogP contribution in [-0.2, 0) is 14.2 Å². The summed E-state index contributed by atoms with van der Waals surface area (Å²) in [6.45, 7) is 1.04. The van der Waals surface area contributed by atoms with E-state index < -0.39 is 6.16 Å². The van der Waals surface area contributed by atoms with Crippen LogP contribution in [0.3, 0.4) is 0 Å². The van der Waals surface area contributed by atoms with Crippen molar-refractivity contribution in [1.82, 2.24) is 0 Å². The fraction of sp³-hybridized carbons (Fsp3) is 0.900. The number of rotatable bonds is 9. The lowest BCUT2D eigenvalue weighted by atomic mass is 10.2. The molecule has 5 heteroatoms. The number of carbonyl (C=O) groups is 1. The normalized spacial score (nSPS) is 10.0. The van der Waals surface area contributed by atoms with Gasteiger partial charge in [0.1, 0.15) is 6.61 Å². The molecule has 0 amide bonds. The monoisotopic (exact) mass is 238 g/mol. The van der Waals surface area contributed by atoms with Crippen LogP contribution in [0.25, 0.3) is 0 Å². The molecule has 0 aliphatic heterocycles. The third kappa shape index (κ3) is 11.4. The van der Waals surface area contributed by atoms with Gasteiger partial charge in [-0.3, -0.25) is 0 Å². The van der Waals surface area contributed by atoms with Crippen molar-refractivity contribution in [3.05, 3.63) is 0 Å². The van der Waals surface area contributed by atoms with Gasteiger partial charge in [-0.25, -0.2) is 4.79 Å². The maximum atomic E-state index is 10.9. The molecule has 0 fully saturated rings. The van der Waals surface area contributed by atoms with Crippen LogP contribution in [0.4, 0.5) is 4.79 Å². The second kappa shape index (κ2) is 11.6. The molecule has 0 bridgehead atoms. The van der Waals surface area contributed by atoms with E-state index >= 15 is 0 Å². The molecule has 0 saturated heterocycles. The molecule has 90 valence electrons. The predicted molar refractivity (Wildman–Crippen MR) is 58.4 cm³/mol. The Kier molecular flexibility index (Phi) is 11.2. The van der Waals surface area contributed by atoms with E-state index in [1.165, 1.54) is 0 Å². The van der Waals surface area contributed by atoms with Crippen molar-refractivity contribution in [2.24, 2.45) is 0 Å². The molecule has 0 aromatic carbocycles. The molecule has 0 aliphatic carbocycles. The van der Waals surface area contributed by atoms with Gasteiger partial charge in [-0.15, -0.1) is 11.6 Å². The van der Waals surface area contributed by atoms with Crippen molar-refractivity contribution in [2.75, 3.05) is 32.8 Å². The van der Waals surface area contributed by atoms with E-state index in [1.54, 1.807) is 7.11 Å². The number of ether oxygens (including phenoxy) is 3. The van der Waals surface area contributed by atoms with Crippen molar-refractivity contribution in [3.8, 4) is 0 Å². The quantitative estimate of drug-likeness (QED) is 0.352. The van der Waals surface area contributed by atoms with Crippen molar-refractivity contribution < 1.29 is 19.0 Å². The van der Waals surface area contributed by atoms with Crippen LogP contribution in [0.2, 0.25) is 0 Å². The number of hydrogen-bond acceptors (Lipinski definition) is 4. The van der Waals surface area contributed by atoms with E-state index in [0.717, 1.165) is 25.7 Å². The highest BCUT2D eigenvalue weighted by Gasteiger charge is 2.02. The van der Waals surface area contributed by atoms with Gasteiger partial charge in [-0.05, 0) is 12.8 Å². The summed E-state index contributed by atoms with van der Waals surface area (Å²) in [4.78, 5) is 10.9. The Morgan fingerprint density at radius 2 is 1.67 bits per heavy atom. The van der Waals surface area contributed by atoms with Gasteiger partial charge in [0.05, 0.1) is 13.2 Å². The summed E-state index contributed by atoms with van der Waals surface area (Å²) in [5.74, 6) is 0.694. The van der Waals surface area contributed by atoms with Crippen LogP contribution in [0, 0.1) is 0 Å². The Balaban J connectivity index is 3.10. The lowest BCUT2D eigenvalue weighted by Gasteiger charge is -2.05. The summed E-state index contributed by atoms with van der Waals surface area (Å²) in [6, 6.07) is 0. The first-order valence-electron chi connectivity index (χ1n) is 5.15.